The first-order valence-electron chi connectivity index (χ1n) is 9.29. The van der Waals surface area contributed by atoms with E-state index in [9.17, 15) is 9.59 Å². The van der Waals surface area contributed by atoms with Crippen LogP contribution in [0.15, 0.2) is 59.4 Å². The molecule has 0 saturated heterocycles. The number of halogens is 1. The number of carbonyl (C=O) groups is 1. The maximum absolute atomic E-state index is 12.7. The third-order valence-corrected chi connectivity index (χ3v) is 4.67. The number of nitrogens with one attached hydrogen (secondary N) is 1. The fraction of sp³-hybridized carbons (Fsp3) is 0.227. The molecule has 3 rings (SSSR count). The molecule has 1 amide bonds. The summed E-state index contributed by atoms with van der Waals surface area (Å²) in [6.07, 6.45) is 0. The van der Waals surface area contributed by atoms with Crippen molar-refractivity contribution in [1.29, 1.82) is 0 Å². The van der Waals surface area contributed by atoms with Crippen molar-refractivity contribution in [3.63, 3.8) is 0 Å². The highest BCUT2D eigenvalue weighted by atomic mass is 35.5. The second-order valence-electron chi connectivity index (χ2n) is 6.48. The van der Waals surface area contributed by atoms with Crippen LogP contribution in [0.5, 0.6) is 0 Å². The summed E-state index contributed by atoms with van der Waals surface area (Å²) < 4.78 is 7.02. The van der Waals surface area contributed by atoms with Gasteiger partial charge in [-0.05, 0) is 49.2 Å². The Morgan fingerprint density at radius 3 is 2.52 bits per heavy atom. The minimum absolute atomic E-state index is 0.159. The van der Waals surface area contributed by atoms with Crippen molar-refractivity contribution in [2.75, 3.05) is 6.61 Å². The summed E-state index contributed by atoms with van der Waals surface area (Å²) in [6.45, 7) is 5.04. The molecule has 0 aliphatic rings. The highest BCUT2D eigenvalue weighted by Crippen LogP contribution is 2.14. The molecule has 0 spiro atoms. The lowest BCUT2D eigenvalue weighted by molar-refractivity contribution is 0.0942. The zero-order valence-corrected chi connectivity index (χ0v) is 17.1. The Morgan fingerprint density at radius 1 is 1.14 bits per heavy atom. The van der Waals surface area contributed by atoms with Gasteiger partial charge in [-0.2, -0.15) is 5.10 Å². The lowest BCUT2D eigenvalue weighted by Crippen LogP contribution is -2.31. The highest BCUT2D eigenvalue weighted by molar-refractivity contribution is 6.30. The van der Waals surface area contributed by atoms with E-state index < -0.39 is 11.3 Å². The molecule has 150 valence electrons. The molecule has 6 nitrogen and oxygen atoms in total. The van der Waals surface area contributed by atoms with E-state index in [0.717, 1.165) is 11.1 Å². The third kappa shape index (κ3) is 5.10. The molecule has 0 radical (unpaired) electrons. The zero-order chi connectivity index (χ0) is 20.8. The van der Waals surface area contributed by atoms with Gasteiger partial charge in [0.2, 0.25) is 5.43 Å². The number of hydrogen-bond acceptors (Lipinski definition) is 4. The van der Waals surface area contributed by atoms with Crippen molar-refractivity contribution in [3.8, 4) is 5.69 Å². The van der Waals surface area contributed by atoms with E-state index in [1.54, 1.807) is 35.9 Å². The van der Waals surface area contributed by atoms with Gasteiger partial charge < -0.3 is 10.1 Å². The Morgan fingerprint density at radius 2 is 1.83 bits per heavy atom. The molecule has 0 aliphatic carbocycles. The molecule has 0 unspecified atom stereocenters. The van der Waals surface area contributed by atoms with E-state index in [-0.39, 0.29) is 12.2 Å². The highest BCUT2D eigenvalue weighted by Gasteiger charge is 2.15. The van der Waals surface area contributed by atoms with Crippen molar-refractivity contribution < 1.29 is 9.53 Å². The molecular weight excluding hydrogens is 390 g/mol. The molecule has 0 saturated carbocycles. The molecule has 2 aromatic carbocycles. The summed E-state index contributed by atoms with van der Waals surface area (Å²) in [5, 5.41) is 7.66. The second kappa shape index (κ2) is 9.49. The molecule has 1 aromatic heterocycles. The number of benzene rings is 2. The van der Waals surface area contributed by atoms with Gasteiger partial charge >= 0.3 is 0 Å². The number of amides is 1. The topological polar surface area (TPSA) is 73.2 Å². The van der Waals surface area contributed by atoms with Crippen LogP contribution in [0.1, 0.15) is 34.2 Å². The van der Waals surface area contributed by atoms with Crippen LogP contribution in [0.25, 0.3) is 5.69 Å². The quantitative estimate of drug-likeness (QED) is 0.644. The first kappa shape index (κ1) is 20.8. The Balaban J connectivity index is 1.82. The van der Waals surface area contributed by atoms with Crippen LogP contribution in [-0.2, 0) is 17.9 Å². The first-order valence-corrected chi connectivity index (χ1v) is 9.67. The minimum Gasteiger partial charge on any atom is -0.377 e. The lowest BCUT2D eigenvalue weighted by Gasteiger charge is -2.13. The Bertz CT molecular complexity index is 1060. The van der Waals surface area contributed by atoms with Crippen molar-refractivity contribution in [3.05, 3.63) is 92.4 Å². The van der Waals surface area contributed by atoms with Crippen LogP contribution in [0.4, 0.5) is 0 Å². The van der Waals surface area contributed by atoms with E-state index in [2.05, 4.69) is 10.4 Å². The van der Waals surface area contributed by atoms with E-state index in [1.807, 2.05) is 31.2 Å². The molecule has 0 bridgehead atoms. The van der Waals surface area contributed by atoms with Gasteiger partial charge in [0.05, 0.1) is 12.3 Å². The molecule has 7 heteroatoms. The summed E-state index contributed by atoms with van der Waals surface area (Å²) in [6, 6.07) is 16.1. The van der Waals surface area contributed by atoms with Crippen LogP contribution in [0.2, 0.25) is 5.02 Å². The molecular formula is C22H22ClN3O3. The number of ether oxygens (including phenoxy) is 1. The number of aromatic nitrogens is 2. The monoisotopic (exact) mass is 411 g/mol. The van der Waals surface area contributed by atoms with Gasteiger partial charge in [-0.25, -0.2) is 4.68 Å². The van der Waals surface area contributed by atoms with E-state index in [0.29, 0.717) is 29.6 Å². The fourth-order valence-corrected chi connectivity index (χ4v) is 3.02. The van der Waals surface area contributed by atoms with Gasteiger partial charge in [-0.1, -0.05) is 35.9 Å². The Labute approximate surface area is 174 Å². The molecule has 0 fully saturated rings. The van der Waals surface area contributed by atoms with Crippen molar-refractivity contribution >= 4 is 17.5 Å². The fourth-order valence-electron chi connectivity index (χ4n) is 2.89. The molecule has 29 heavy (non-hydrogen) atoms. The van der Waals surface area contributed by atoms with Gasteiger partial charge in [0.1, 0.15) is 0 Å². The van der Waals surface area contributed by atoms with Crippen molar-refractivity contribution in [2.45, 2.75) is 27.0 Å². The predicted molar refractivity (Wildman–Crippen MR) is 113 cm³/mol. The van der Waals surface area contributed by atoms with E-state index in [4.69, 9.17) is 16.3 Å². The van der Waals surface area contributed by atoms with E-state index >= 15 is 0 Å². The summed E-state index contributed by atoms with van der Waals surface area (Å²) in [7, 11) is 0. The largest absolute Gasteiger partial charge is 0.377 e. The summed E-state index contributed by atoms with van der Waals surface area (Å²) in [5.74, 6) is -0.524. The molecule has 1 heterocycles. The minimum atomic E-state index is -0.524. The average Bonchev–Trinajstić information content (AvgIpc) is 2.72. The summed E-state index contributed by atoms with van der Waals surface area (Å²) >= 11 is 5.94. The van der Waals surface area contributed by atoms with Crippen molar-refractivity contribution in [1.82, 2.24) is 15.1 Å². The number of carbonyl (C=O) groups excluding carboxylic acids is 1. The van der Waals surface area contributed by atoms with Crippen LogP contribution in [0.3, 0.4) is 0 Å². The van der Waals surface area contributed by atoms with Crippen LogP contribution in [0, 0.1) is 6.92 Å². The first-order chi connectivity index (χ1) is 14.0. The van der Waals surface area contributed by atoms with Crippen molar-refractivity contribution in [2.24, 2.45) is 0 Å². The van der Waals surface area contributed by atoms with Gasteiger partial charge in [0, 0.05) is 29.9 Å². The maximum atomic E-state index is 12.7. The average molecular weight is 412 g/mol. The second-order valence-corrected chi connectivity index (χ2v) is 6.91. The Kier molecular flexibility index (Phi) is 6.80. The van der Waals surface area contributed by atoms with Gasteiger partial charge in [-0.15, -0.1) is 0 Å². The third-order valence-electron chi connectivity index (χ3n) is 4.41. The normalized spacial score (nSPS) is 10.7. The van der Waals surface area contributed by atoms with Gasteiger partial charge in [-0.3, -0.25) is 9.59 Å². The SMILES string of the molecule is CCOCc1ccccc1CNC(=O)c1nn(-c2ccc(Cl)cc2)c(C)cc1=O. The molecule has 0 atom stereocenters. The van der Waals surface area contributed by atoms with E-state index in [1.165, 1.54) is 6.07 Å². The van der Waals surface area contributed by atoms with Crippen LogP contribution >= 0.6 is 11.6 Å². The standard InChI is InChI=1S/C22H22ClN3O3/c1-3-29-14-17-7-5-4-6-16(17)13-24-22(28)21-20(27)12-15(2)26(25-21)19-10-8-18(23)9-11-19/h4-12H,3,13-14H2,1-2H3,(H,24,28). The zero-order valence-electron chi connectivity index (χ0n) is 16.3. The number of rotatable bonds is 7. The molecule has 1 N–H and O–H groups in total. The summed E-state index contributed by atoms with van der Waals surface area (Å²) in [5.41, 5.74) is 2.67. The lowest BCUT2D eigenvalue weighted by atomic mass is 10.1. The molecule has 0 aliphatic heterocycles. The van der Waals surface area contributed by atoms with Crippen LogP contribution < -0.4 is 10.7 Å². The van der Waals surface area contributed by atoms with Gasteiger partial charge in [0.15, 0.2) is 5.69 Å². The number of nitrogens with zero attached hydrogens (tertiary/aromatic N) is 2. The smallest absolute Gasteiger partial charge is 0.276 e. The summed E-state index contributed by atoms with van der Waals surface area (Å²) in [4.78, 5) is 25.0. The number of hydrogen-bond donors (Lipinski definition) is 1. The predicted octanol–water partition coefficient (Wildman–Crippen LogP) is 3.66. The van der Waals surface area contributed by atoms with Crippen LogP contribution in [-0.4, -0.2) is 22.3 Å². The Hall–Kier alpha value is -2.96. The van der Waals surface area contributed by atoms with Gasteiger partial charge in [0.25, 0.3) is 5.91 Å². The number of aryl methyl sites for hydroxylation is 1. The molecule has 3 aromatic rings. The maximum Gasteiger partial charge on any atom is 0.276 e.